The zero-order chi connectivity index (χ0) is 25.2. The van der Waals surface area contributed by atoms with Crippen LogP contribution in [0.4, 0.5) is 30.7 Å². The van der Waals surface area contributed by atoms with Gasteiger partial charge in [-0.3, -0.25) is 4.79 Å². The van der Waals surface area contributed by atoms with Crippen molar-refractivity contribution in [1.29, 1.82) is 0 Å². The van der Waals surface area contributed by atoms with Gasteiger partial charge in [-0.2, -0.15) is 44.3 Å². The number of hydrogen-bond acceptors (Lipinski definition) is 5. The van der Waals surface area contributed by atoms with Gasteiger partial charge >= 0.3 is 34.0 Å². The molecule has 33 heavy (non-hydrogen) atoms. The van der Waals surface area contributed by atoms with Crippen LogP contribution in [0.15, 0.2) is 53.6 Å². The van der Waals surface area contributed by atoms with E-state index in [4.69, 9.17) is 11.6 Å². The first kappa shape index (κ1) is 26.4. The van der Waals surface area contributed by atoms with Crippen LogP contribution in [-0.2, 0) is 14.9 Å². The number of hydrazone groups is 1. The van der Waals surface area contributed by atoms with Crippen molar-refractivity contribution in [2.24, 2.45) is 5.10 Å². The second kappa shape index (κ2) is 9.17. The molecule has 1 amide bonds. The standard InChI is InChI=1S/C18H12ClF7N2O4S/c1-33(30,31)32-13-8-4-11(5-9-13)14(10-2-6-12(19)7-3-10)27-28-15(29)16(20,21)17(22,23)18(24,25)26/h2-9H,1H3,(H,28,29). The fourth-order valence-corrected chi connectivity index (χ4v) is 2.83. The molecule has 15 heteroatoms. The first-order chi connectivity index (χ1) is 15.0. The predicted octanol–water partition coefficient (Wildman–Crippen LogP) is 4.38. The molecule has 0 atom stereocenters. The van der Waals surface area contributed by atoms with Gasteiger partial charge < -0.3 is 4.18 Å². The number of nitrogens with one attached hydrogen (secondary N) is 1. The predicted molar refractivity (Wildman–Crippen MR) is 103 cm³/mol. The molecule has 0 saturated heterocycles. The number of nitrogens with zero attached hydrogens (tertiary/aromatic N) is 1. The van der Waals surface area contributed by atoms with Gasteiger partial charge in [-0.15, -0.1) is 0 Å². The zero-order valence-corrected chi connectivity index (χ0v) is 17.7. The second-order valence-corrected chi connectivity index (χ2v) is 8.38. The van der Waals surface area contributed by atoms with E-state index in [0.717, 1.165) is 23.8 Å². The monoisotopic (exact) mass is 520 g/mol. The fraction of sp³-hybridized carbons (Fsp3) is 0.222. The Morgan fingerprint density at radius 2 is 1.36 bits per heavy atom. The topological polar surface area (TPSA) is 84.8 Å². The SMILES string of the molecule is CS(=O)(=O)Oc1ccc(C(=NNC(=O)C(F)(F)C(F)(F)C(F)(F)F)c2ccc(Cl)cc2)cc1. The van der Waals surface area contributed by atoms with Gasteiger partial charge in [0.25, 0.3) is 0 Å². The Morgan fingerprint density at radius 3 is 1.79 bits per heavy atom. The minimum Gasteiger partial charge on any atom is -0.383 e. The molecular weight excluding hydrogens is 509 g/mol. The van der Waals surface area contributed by atoms with E-state index < -0.39 is 34.0 Å². The maximum atomic E-state index is 13.6. The Labute approximate surface area is 187 Å². The Kier molecular flexibility index (Phi) is 7.33. The highest BCUT2D eigenvalue weighted by atomic mass is 35.5. The first-order valence-corrected chi connectivity index (χ1v) is 10.6. The minimum atomic E-state index is -6.70. The summed E-state index contributed by atoms with van der Waals surface area (Å²) in [4.78, 5) is 11.5. The molecule has 0 aliphatic rings. The molecule has 0 aromatic heterocycles. The highest BCUT2D eigenvalue weighted by Gasteiger charge is 2.76. The molecule has 0 bridgehead atoms. The second-order valence-electron chi connectivity index (χ2n) is 6.37. The normalized spacial score (nSPS) is 13.5. The van der Waals surface area contributed by atoms with Gasteiger partial charge in [0.15, 0.2) is 0 Å². The van der Waals surface area contributed by atoms with Crippen molar-refractivity contribution in [3.05, 3.63) is 64.7 Å². The number of hydrogen-bond donors (Lipinski definition) is 1. The summed E-state index contributed by atoms with van der Waals surface area (Å²) >= 11 is 5.75. The van der Waals surface area contributed by atoms with Gasteiger partial charge in [-0.1, -0.05) is 23.7 Å². The van der Waals surface area contributed by atoms with Gasteiger partial charge in [-0.05, 0) is 36.4 Å². The van der Waals surface area contributed by atoms with Crippen LogP contribution in [0.25, 0.3) is 0 Å². The lowest BCUT2D eigenvalue weighted by molar-refractivity contribution is -0.344. The average Bonchev–Trinajstić information content (AvgIpc) is 2.68. The summed E-state index contributed by atoms with van der Waals surface area (Å²) in [6, 6.07) is 9.80. The van der Waals surface area contributed by atoms with Crippen molar-refractivity contribution in [3.8, 4) is 5.75 Å². The van der Waals surface area contributed by atoms with E-state index in [2.05, 4.69) is 9.28 Å². The summed E-state index contributed by atoms with van der Waals surface area (Å²) < 4.78 is 117. The summed E-state index contributed by atoms with van der Waals surface area (Å²) in [5.74, 6) is -16.0. The van der Waals surface area contributed by atoms with Crippen LogP contribution in [0.1, 0.15) is 11.1 Å². The molecule has 0 heterocycles. The number of carbonyl (C=O) groups excluding carboxylic acids is 1. The average molecular weight is 521 g/mol. The van der Waals surface area contributed by atoms with Crippen LogP contribution in [0.5, 0.6) is 5.75 Å². The fourth-order valence-electron chi connectivity index (χ4n) is 2.24. The lowest BCUT2D eigenvalue weighted by Crippen LogP contribution is -2.58. The van der Waals surface area contributed by atoms with Crippen molar-refractivity contribution in [1.82, 2.24) is 5.43 Å². The maximum absolute atomic E-state index is 13.6. The molecule has 2 rings (SSSR count). The molecule has 180 valence electrons. The molecular formula is C18H12ClF7N2O4S. The van der Waals surface area contributed by atoms with E-state index in [1.54, 1.807) is 0 Å². The van der Waals surface area contributed by atoms with E-state index >= 15 is 0 Å². The van der Waals surface area contributed by atoms with E-state index in [1.165, 1.54) is 36.4 Å². The van der Waals surface area contributed by atoms with E-state index in [0.29, 0.717) is 0 Å². The van der Waals surface area contributed by atoms with Crippen LogP contribution in [0.2, 0.25) is 5.02 Å². The Hall–Kier alpha value is -2.87. The molecule has 0 saturated carbocycles. The van der Waals surface area contributed by atoms with E-state index in [1.807, 2.05) is 0 Å². The third-order valence-corrected chi connectivity index (χ3v) is 4.54. The summed E-state index contributed by atoms with van der Waals surface area (Å²) in [7, 11) is -3.88. The smallest absolute Gasteiger partial charge is 0.383 e. The van der Waals surface area contributed by atoms with Crippen molar-refractivity contribution in [2.75, 3.05) is 6.26 Å². The van der Waals surface area contributed by atoms with Crippen molar-refractivity contribution in [2.45, 2.75) is 18.0 Å². The zero-order valence-electron chi connectivity index (χ0n) is 16.1. The largest absolute Gasteiger partial charge is 0.460 e. The van der Waals surface area contributed by atoms with Crippen LogP contribution in [0.3, 0.4) is 0 Å². The van der Waals surface area contributed by atoms with Gasteiger partial charge in [0.1, 0.15) is 5.75 Å². The third kappa shape index (κ3) is 6.13. The van der Waals surface area contributed by atoms with Crippen molar-refractivity contribution in [3.63, 3.8) is 0 Å². The van der Waals surface area contributed by atoms with Crippen LogP contribution in [0, 0.1) is 0 Å². The van der Waals surface area contributed by atoms with Crippen LogP contribution < -0.4 is 9.61 Å². The molecule has 0 fully saturated rings. The quantitative estimate of drug-likeness (QED) is 0.254. The molecule has 2 aromatic carbocycles. The molecule has 6 nitrogen and oxygen atoms in total. The van der Waals surface area contributed by atoms with Crippen molar-refractivity contribution < 1.29 is 48.1 Å². The number of amides is 1. The minimum absolute atomic E-state index is 0.0179. The Bertz CT molecular complexity index is 1150. The third-order valence-electron chi connectivity index (χ3n) is 3.80. The van der Waals surface area contributed by atoms with Gasteiger partial charge in [-0.25, -0.2) is 5.43 Å². The van der Waals surface area contributed by atoms with Gasteiger partial charge in [0.2, 0.25) is 0 Å². The molecule has 2 aromatic rings. The lowest BCUT2D eigenvalue weighted by Gasteiger charge is -2.26. The summed E-state index contributed by atoms with van der Waals surface area (Å²) in [5.41, 5.74) is 0.778. The van der Waals surface area contributed by atoms with Crippen LogP contribution in [-0.4, -0.2) is 44.3 Å². The highest BCUT2D eigenvalue weighted by molar-refractivity contribution is 7.86. The Morgan fingerprint density at radius 1 is 0.909 bits per heavy atom. The molecule has 0 radical (unpaired) electrons. The first-order valence-electron chi connectivity index (χ1n) is 8.42. The number of alkyl halides is 7. The number of rotatable bonds is 7. The molecule has 0 aliphatic carbocycles. The van der Waals surface area contributed by atoms with Gasteiger partial charge in [0, 0.05) is 16.1 Å². The number of carbonyl (C=O) groups is 1. The Balaban J connectivity index is 2.45. The van der Waals surface area contributed by atoms with E-state index in [-0.39, 0.29) is 27.6 Å². The number of halogens is 8. The summed E-state index contributed by atoms with van der Waals surface area (Å²) in [5, 5.41) is 3.53. The molecule has 1 N–H and O–H groups in total. The lowest BCUT2D eigenvalue weighted by atomic mass is 10.0. The van der Waals surface area contributed by atoms with E-state index in [9.17, 15) is 43.9 Å². The maximum Gasteiger partial charge on any atom is 0.460 e. The highest BCUT2D eigenvalue weighted by Crippen LogP contribution is 2.46. The van der Waals surface area contributed by atoms with Crippen LogP contribution >= 0.6 is 11.6 Å². The molecule has 0 aliphatic heterocycles. The molecule has 0 spiro atoms. The number of benzene rings is 2. The summed E-state index contributed by atoms with van der Waals surface area (Å²) in [6.07, 6.45) is -5.93. The van der Waals surface area contributed by atoms with Crippen molar-refractivity contribution >= 4 is 33.3 Å². The molecule has 0 unspecified atom stereocenters. The van der Waals surface area contributed by atoms with Gasteiger partial charge in [0.05, 0.1) is 12.0 Å². The summed E-state index contributed by atoms with van der Waals surface area (Å²) in [6.45, 7) is 0.